The van der Waals surface area contributed by atoms with Crippen LogP contribution in [0.2, 0.25) is 5.02 Å². The molecular weight excluding hydrogens is 322 g/mol. The Kier molecular flexibility index (Phi) is 6.10. The first-order valence-electron chi connectivity index (χ1n) is 8.24. The predicted octanol–water partition coefficient (Wildman–Crippen LogP) is 3.54. The van der Waals surface area contributed by atoms with Crippen LogP contribution in [0.15, 0.2) is 59.6 Å². The lowest BCUT2D eigenvalue weighted by molar-refractivity contribution is 0.0426. The summed E-state index contributed by atoms with van der Waals surface area (Å²) >= 11 is 6.00. The number of guanidine groups is 1. The molecule has 1 atom stereocenters. The van der Waals surface area contributed by atoms with E-state index in [0.717, 1.165) is 41.6 Å². The molecule has 2 aromatic rings. The Hall–Kier alpha value is -2.04. The van der Waals surface area contributed by atoms with Gasteiger partial charge in [-0.3, -0.25) is 4.99 Å². The number of ether oxygens (including phenoxy) is 1. The molecule has 1 aliphatic rings. The summed E-state index contributed by atoms with van der Waals surface area (Å²) in [6.45, 7) is 3.05. The van der Waals surface area contributed by atoms with Crippen molar-refractivity contribution in [3.8, 4) is 0 Å². The molecule has 1 aliphatic heterocycles. The van der Waals surface area contributed by atoms with Crippen molar-refractivity contribution in [1.29, 1.82) is 0 Å². The summed E-state index contributed by atoms with van der Waals surface area (Å²) < 4.78 is 6.16. The number of benzene rings is 2. The molecule has 0 bridgehead atoms. The topological polar surface area (TPSA) is 45.7 Å². The van der Waals surface area contributed by atoms with Crippen LogP contribution < -0.4 is 10.6 Å². The molecule has 3 rings (SSSR count). The van der Waals surface area contributed by atoms with Gasteiger partial charge in [0.15, 0.2) is 5.96 Å². The first kappa shape index (κ1) is 16.8. The molecule has 1 heterocycles. The van der Waals surface area contributed by atoms with Crippen molar-refractivity contribution in [1.82, 2.24) is 10.6 Å². The summed E-state index contributed by atoms with van der Waals surface area (Å²) in [6, 6.07) is 18.0. The molecule has 2 aromatic carbocycles. The molecule has 0 fully saturated rings. The fraction of sp³-hybridized carbons (Fsp3) is 0.316. The van der Waals surface area contributed by atoms with Crippen molar-refractivity contribution in [2.75, 3.05) is 19.6 Å². The number of hydrogen-bond acceptors (Lipinski definition) is 4. The third kappa shape index (κ3) is 4.98. The monoisotopic (exact) mass is 343 g/mol. The highest BCUT2D eigenvalue weighted by Gasteiger charge is 2.14. The van der Waals surface area contributed by atoms with Crippen LogP contribution in [-0.2, 0) is 11.3 Å². The first-order chi connectivity index (χ1) is 11.8. The number of halogens is 1. The summed E-state index contributed by atoms with van der Waals surface area (Å²) in [4.78, 5) is 4.45. The fourth-order valence-corrected chi connectivity index (χ4v) is 2.69. The zero-order valence-corrected chi connectivity index (χ0v) is 14.3. The van der Waals surface area contributed by atoms with Crippen molar-refractivity contribution in [2.45, 2.75) is 19.1 Å². The summed E-state index contributed by atoms with van der Waals surface area (Å²) in [6.07, 6.45) is 1.00. The first-order valence-corrected chi connectivity index (χ1v) is 8.62. The van der Waals surface area contributed by atoms with Gasteiger partial charge in [0.25, 0.3) is 0 Å². The van der Waals surface area contributed by atoms with Crippen LogP contribution in [0.4, 0.5) is 0 Å². The van der Waals surface area contributed by atoms with Gasteiger partial charge < -0.3 is 15.4 Å². The largest absolute Gasteiger partial charge is 0.367 e. The fourth-order valence-electron chi connectivity index (χ4n) is 2.56. The van der Waals surface area contributed by atoms with E-state index in [2.05, 4.69) is 27.8 Å². The van der Waals surface area contributed by atoms with Gasteiger partial charge in [-0.2, -0.15) is 0 Å². The van der Waals surface area contributed by atoms with E-state index in [0.29, 0.717) is 13.2 Å². The number of nitrogens with one attached hydrogen (secondary N) is 2. The van der Waals surface area contributed by atoms with Crippen molar-refractivity contribution in [3.63, 3.8) is 0 Å². The van der Waals surface area contributed by atoms with Crippen LogP contribution in [0.5, 0.6) is 0 Å². The van der Waals surface area contributed by atoms with Crippen LogP contribution >= 0.6 is 11.6 Å². The highest BCUT2D eigenvalue weighted by Crippen LogP contribution is 2.21. The zero-order chi connectivity index (χ0) is 16.6. The molecule has 2 N–H and O–H groups in total. The van der Waals surface area contributed by atoms with Gasteiger partial charge >= 0.3 is 0 Å². The maximum absolute atomic E-state index is 6.16. The van der Waals surface area contributed by atoms with E-state index >= 15 is 0 Å². The van der Waals surface area contributed by atoms with Crippen molar-refractivity contribution < 1.29 is 4.74 Å². The van der Waals surface area contributed by atoms with E-state index in [1.807, 2.05) is 42.5 Å². The molecule has 0 aliphatic carbocycles. The molecule has 1 unspecified atom stereocenters. The van der Waals surface area contributed by atoms with Crippen LogP contribution in [0.25, 0.3) is 0 Å². The summed E-state index contributed by atoms with van der Waals surface area (Å²) in [7, 11) is 0. The molecule has 126 valence electrons. The second-order valence-electron chi connectivity index (χ2n) is 5.73. The Morgan fingerprint density at radius 3 is 2.62 bits per heavy atom. The third-order valence-corrected chi connectivity index (χ3v) is 4.14. The molecule has 0 spiro atoms. The van der Waals surface area contributed by atoms with E-state index < -0.39 is 0 Å². The van der Waals surface area contributed by atoms with Crippen LogP contribution in [-0.4, -0.2) is 25.6 Å². The Morgan fingerprint density at radius 2 is 1.92 bits per heavy atom. The lowest BCUT2D eigenvalue weighted by Gasteiger charge is -2.22. The number of rotatable bonds is 6. The molecular formula is C19H22ClN3O. The molecule has 24 heavy (non-hydrogen) atoms. The smallest absolute Gasteiger partial charge is 0.191 e. The van der Waals surface area contributed by atoms with Gasteiger partial charge in [-0.15, -0.1) is 0 Å². The number of nitrogens with zero attached hydrogens (tertiary/aromatic N) is 1. The quantitative estimate of drug-likeness (QED) is 0.843. The molecule has 0 saturated carbocycles. The Balaban J connectivity index is 1.65. The van der Waals surface area contributed by atoms with Gasteiger partial charge in [0.2, 0.25) is 0 Å². The maximum atomic E-state index is 6.16. The average Bonchev–Trinajstić information content (AvgIpc) is 2.64. The van der Waals surface area contributed by atoms with Crippen molar-refractivity contribution in [3.05, 3.63) is 70.7 Å². The van der Waals surface area contributed by atoms with Crippen LogP contribution in [0.3, 0.4) is 0 Å². The summed E-state index contributed by atoms with van der Waals surface area (Å²) in [5.74, 6) is 0.850. The molecule has 0 amide bonds. The lowest BCUT2D eigenvalue weighted by Crippen LogP contribution is -2.42. The normalized spacial score (nSPS) is 15.3. The molecule has 4 nitrogen and oxygen atoms in total. The van der Waals surface area contributed by atoms with Gasteiger partial charge in [-0.05, 0) is 29.7 Å². The van der Waals surface area contributed by atoms with Gasteiger partial charge in [-0.1, -0.05) is 54.1 Å². The number of hydrogen-bond donors (Lipinski definition) is 2. The predicted molar refractivity (Wildman–Crippen MR) is 98.3 cm³/mol. The Bertz CT molecular complexity index is 658. The van der Waals surface area contributed by atoms with E-state index in [-0.39, 0.29) is 6.10 Å². The summed E-state index contributed by atoms with van der Waals surface area (Å²) in [5, 5.41) is 7.35. The van der Waals surface area contributed by atoms with E-state index in [9.17, 15) is 0 Å². The molecule has 5 heteroatoms. The van der Waals surface area contributed by atoms with Gasteiger partial charge in [0.1, 0.15) is 6.10 Å². The minimum absolute atomic E-state index is 0.0751. The maximum Gasteiger partial charge on any atom is 0.191 e. The highest BCUT2D eigenvalue weighted by atomic mass is 35.5. The Morgan fingerprint density at radius 1 is 1.12 bits per heavy atom. The third-order valence-electron chi connectivity index (χ3n) is 3.89. The van der Waals surface area contributed by atoms with Gasteiger partial charge in [-0.25, -0.2) is 0 Å². The summed E-state index contributed by atoms with van der Waals surface area (Å²) in [5.41, 5.74) is 2.25. The molecule has 0 radical (unpaired) electrons. The second-order valence-corrected chi connectivity index (χ2v) is 6.16. The van der Waals surface area contributed by atoms with E-state index in [4.69, 9.17) is 16.3 Å². The molecule has 0 aromatic heterocycles. The minimum Gasteiger partial charge on any atom is -0.367 e. The Labute approximate surface area is 147 Å². The second kappa shape index (κ2) is 8.71. The average molecular weight is 344 g/mol. The van der Waals surface area contributed by atoms with Gasteiger partial charge in [0, 0.05) is 24.7 Å². The molecule has 0 saturated heterocycles. The van der Waals surface area contributed by atoms with Crippen LogP contribution in [0.1, 0.15) is 23.7 Å². The van der Waals surface area contributed by atoms with Crippen molar-refractivity contribution in [2.24, 2.45) is 4.99 Å². The van der Waals surface area contributed by atoms with E-state index in [1.54, 1.807) is 0 Å². The van der Waals surface area contributed by atoms with Gasteiger partial charge in [0.05, 0.1) is 6.61 Å². The lowest BCUT2D eigenvalue weighted by atomic mass is 10.1. The zero-order valence-electron chi connectivity index (χ0n) is 13.5. The highest BCUT2D eigenvalue weighted by molar-refractivity contribution is 6.30. The van der Waals surface area contributed by atoms with E-state index in [1.165, 1.54) is 0 Å². The minimum atomic E-state index is -0.0751. The number of aliphatic imine (C=N–C) groups is 1. The standard InChI is InChI=1S/C19H22ClN3O/c20-17-9-7-16(8-10-17)18(13-23-19-21-11-4-12-22-19)24-14-15-5-2-1-3-6-15/h1-3,5-10,18H,4,11-14H2,(H2,21,22,23). The SMILES string of the molecule is Clc1ccc(C(CNC2=NCCCN2)OCc2ccccc2)cc1. The van der Waals surface area contributed by atoms with Crippen molar-refractivity contribution >= 4 is 17.6 Å². The van der Waals surface area contributed by atoms with Crippen LogP contribution in [0, 0.1) is 0 Å².